The molecule has 0 heterocycles. The molecule has 1 aromatic rings. The molecule has 1 aliphatic rings. The van der Waals surface area contributed by atoms with Crippen molar-refractivity contribution in [3.8, 4) is 0 Å². The van der Waals surface area contributed by atoms with E-state index in [0.29, 0.717) is 6.54 Å². The van der Waals surface area contributed by atoms with Gasteiger partial charge in [-0.15, -0.1) is 0 Å². The van der Waals surface area contributed by atoms with Gasteiger partial charge in [-0.25, -0.2) is 0 Å². The van der Waals surface area contributed by atoms with E-state index in [1.54, 1.807) is 0 Å². The molecule has 1 aliphatic carbocycles. The number of hydrogen-bond acceptors (Lipinski definition) is 2. The highest BCUT2D eigenvalue weighted by atomic mass is 16.1. The number of aryl methyl sites for hydroxylation is 3. The maximum Gasteiger partial charge on any atom is 0.170 e. The van der Waals surface area contributed by atoms with Gasteiger partial charge in [-0.05, 0) is 44.7 Å². The largest absolute Gasteiger partial charge is 0.329 e. The molecular formula is C15H21NO. The highest BCUT2D eigenvalue weighted by Gasteiger charge is 2.43. The van der Waals surface area contributed by atoms with Crippen LogP contribution in [0.1, 0.15) is 46.3 Å². The first-order valence-corrected chi connectivity index (χ1v) is 6.33. The predicted octanol–water partition coefficient (Wildman–Crippen LogP) is 2.92. The Balaban J connectivity index is 2.44. The van der Waals surface area contributed by atoms with Crippen molar-refractivity contribution in [3.63, 3.8) is 0 Å². The highest BCUT2D eigenvalue weighted by molar-refractivity contribution is 6.03. The minimum atomic E-state index is -0.259. The molecule has 0 aromatic heterocycles. The molecule has 92 valence electrons. The Morgan fingerprint density at radius 1 is 1.24 bits per heavy atom. The minimum absolute atomic E-state index is 0.259. The lowest BCUT2D eigenvalue weighted by Gasteiger charge is -2.40. The third-order valence-electron chi connectivity index (χ3n) is 4.09. The van der Waals surface area contributed by atoms with Crippen LogP contribution in [0.3, 0.4) is 0 Å². The number of ketones is 1. The van der Waals surface area contributed by atoms with E-state index in [1.165, 1.54) is 5.56 Å². The summed E-state index contributed by atoms with van der Waals surface area (Å²) in [6, 6.07) is 4.17. The van der Waals surface area contributed by atoms with Crippen molar-refractivity contribution in [3.05, 3.63) is 34.4 Å². The van der Waals surface area contributed by atoms with Gasteiger partial charge in [-0.1, -0.05) is 24.1 Å². The van der Waals surface area contributed by atoms with Gasteiger partial charge in [-0.2, -0.15) is 0 Å². The zero-order valence-corrected chi connectivity index (χ0v) is 11.0. The molecule has 0 aliphatic heterocycles. The molecule has 2 N–H and O–H groups in total. The molecule has 1 fully saturated rings. The summed E-state index contributed by atoms with van der Waals surface area (Å²) in [5.74, 6) is 0.265. The van der Waals surface area contributed by atoms with Crippen LogP contribution < -0.4 is 5.73 Å². The van der Waals surface area contributed by atoms with Crippen LogP contribution in [0.4, 0.5) is 0 Å². The molecule has 17 heavy (non-hydrogen) atoms. The van der Waals surface area contributed by atoms with Gasteiger partial charge in [0.1, 0.15) is 0 Å². The molecule has 0 amide bonds. The van der Waals surface area contributed by atoms with Crippen LogP contribution in [0.5, 0.6) is 0 Å². The summed E-state index contributed by atoms with van der Waals surface area (Å²) in [5.41, 5.74) is 9.86. The van der Waals surface area contributed by atoms with Crippen LogP contribution in [0.15, 0.2) is 12.1 Å². The lowest BCUT2D eigenvalue weighted by atomic mass is 9.64. The Bertz CT molecular complexity index is 429. The number of benzene rings is 1. The van der Waals surface area contributed by atoms with E-state index < -0.39 is 0 Å². The Labute approximate surface area is 103 Å². The van der Waals surface area contributed by atoms with Crippen LogP contribution in [0.2, 0.25) is 0 Å². The number of nitrogens with two attached hydrogens (primary N) is 1. The second-order valence-corrected chi connectivity index (χ2v) is 5.44. The van der Waals surface area contributed by atoms with Crippen LogP contribution in [0.25, 0.3) is 0 Å². The summed E-state index contributed by atoms with van der Waals surface area (Å²) in [6.07, 6.45) is 3.04. The normalized spacial score (nSPS) is 17.6. The number of Topliss-reactive ketones (excluding diaryl/α,β-unsaturated/α-hetero) is 1. The van der Waals surface area contributed by atoms with Crippen molar-refractivity contribution in [1.29, 1.82) is 0 Å². The zero-order valence-electron chi connectivity index (χ0n) is 11.0. The van der Waals surface area contributed by atoms with E-state index >= 15 is 0 Å². The van der Waals surface area contributed by atoms with Gasteiger partial charge in [0.05, 0.1) is 0 Å². The van der Waals surface area contributed by atoms with Crippen LogP contribution >= 0.6 is 0 Å². The van der Waals surface area contributed by atoms with E-state index in [0.717, 1.165) is 36.0 Å². The number of rotatable bonds is 3. The molecule has 0 unspecified atom stereocenters. The van der Waals surface area contributed by atoms with Gasteiger partial charge in [0.25, 0.3) is 0 Å². The minimum Gasteiger partial charge on any atom is -0.329 e. The van der Waals surface area contributed by atoms with Crippen molar-refractivity contribution in [2.45, 2.75) is 40.0 Å². The topological polar surface area (TPSA) is 43.1 Å². The lowest BCUT2D eigenvalue weighted by molar-refractivity contribution is 0.0634. The van der Waals surface area contributed by atoms with Crippen molar-refractivity contribution >= 4 is 5.78 Å². The Morgan fingerprint density at radius 3 is 2.12 bits per heavy atom. The molecule has 2 rings (SSSR count). The summed E-state index contributed by atoms with van der Waals surface area (Å²) >= 11 is 0. The number of carbonyl (C=O) groups is 1. The van der Waals surface area contributed by atoms with Crippen LogP contribution in [0, 0.1) is 26.2 Å². The van der Waals surface area contributed by atoms with E-state index in [9.17, 15) is 4.79 Å². The summed E-state index contributed by atoms with van der Waals surface area (Å²) in [4.78, 5) is 12.7. The maximum absolute atomic E-state index is 12.7. The lowest BCUT2D eigenvalue weighted by Crippen LogP contribution is -2.44. The van der Waals surface area contributed by atoms with E-state index in [1.807, 2.05) is 13.8 Å². The number of hydrogen-bond donors (Lipinski definition) is 1. The van der Waals surface area contributed by atoms with Gasteiger partial charge in [0, 0.05) is 17.5 Å². The second kappa shape index (κ2) is 4.26. The Kier molecular flexibility index (Phi) is 3.09. The summed E-state index contributed by atoms with van der Waals surface area (Å²) < 4.78 is 0. The fraction of sp³-hybridized carbons (Fsp3) is 0.533. The first-order valence-electron chi connectivity index (χ1n) is 6.33. The third kappa shape index (κ3) is 1.91. The van der Waals surface area contributed by atoms with Crippen molar-refractivity contribution in [2.75, 3.05) is 6.54 Å². The molecule has 2 heteroatoms. The molecule has 2 nitrogen and oxygen atoms in total. The van der Waals surface area contributed by atoms with Gasteiger partial charge in [0.15, 0.2) is 5.78 Å². The van der Waals surface area contributed by atoms with Gasteiger partial charge < -0.3 is 5.73 Å². The molecule has 0 radical (unpaired) electrons. The fourth-order valence-corrected chi connectivity index (χ4v) is 2.93. The molecule has 0 spiro atoms. The molecule has 1 saturated carbocycles. The van der Waals surface area contributed by atoms with E-state index in [2.05, 4.69) is 19.1 Å². The third-order valence-corrected chi connectivity index (χ3v) is 4.09. The van der Waals surface area contributed by atoms with Crippen molar-refractivity contribution in [2.24, 2.45) is 11.1 Å². The molecule has 0 bridgehead atoms. The maximum atomic E-state index is 12.7. The summed E-state index contributed by atoms with van der Waals surface area (Å²) in [6.45, 7) is 6.60. The van der Waals surface area contributed by atoms with Gasteiger partial charge in [0.2, 0.25) is 0 Å². The molecule has 1 aromatic carbocycles. The molecule has 0 saturated heterocycles. The Morgan fingerprint density at radius 2 is 1.76 bits per heavy atom. The average molecular weight is 231 g/mol. The first-order chi connectivity index (χ1) is 8.00. The van der Waals surface area contributed by atoms with Crippen LogP contribution in [-0.4, -0.2) is 12.3 Å². The van der Waals surface area contributed by atoms with Crippen molar-refractivity contribution < 1.29 is 4.79 Å². The number of carbonyl (C=O) groups excluding carboxylic acids is 1. The van der Waals surface area contributed by atoms with Gasteiger partial charge >= 0.3 is 0 Å². The second-order valence-electron chi connectivity index (χ2n) is 5.44. The quantitative estimate of drug-likeness (QED) is 0.813. The monoisotopic (exact) mass is 231 g/mol. The van der Waals surface area contributed by atoms with Crippen molar-refractivity contribution in [1.82, 2.24) is 0 Å². The highest BCUT2D eigenvalue weighted by Crippen LogP contribution is 2.43. The molecular weight excluding hydrogens is 210 g/mol. The summed E-state index contributed by atoms with van der Waals surface area (Å²) in [5, 5.41) is 0. The average Bonchev–Trinajstić information content (AvgIpc) is 2.14. The first kappa shape index (κ1) is 12.3. The molecule has 0 atom stereocenters. The summed E-state index contributed by atoms with van der Waals surface area (Å²) in [7, 11) is 0. The standard InChI is InChI=1S/C15H21NO/c1-10-7-11(2)13(12(3)8-10)14(17)15(9-16)5-4-6-15/h7-8H,4-6,9,16H2,1-3H3. The predicted molar refractivity (Wildman–Crippen MR) is 70.3 cm³/mol. The van der Waals surface area contributed by atoms with Crippen LogP contribution in [-0.2, 0) is 0 Å². The van der Waals surface area contributed by atoms with E-state index in [4.69, 9.17) is 5.73 Å². The SMILES string of the molecule is Cc1cc(C)c(C(=O)C2(CN)CCC2)c(C)c1. The fourth-order valence-electron chi connectivity index (χ4n) is 2.93. The van der Waals surface area contributed by atoms with Gasteiger partial charge in [-0.3, -0.25) is 4.79 Å². The smallest absolute Gasteiger partial charge is 0.170 e. The van der Waals surface area contributed by atoms with E-state index in [-0.39, 0.29) is 11.2 Å². The Hall–Kier alpha value is -1.15. The zero-order chi connectivity index (χ0) is 12.6.